The number of quaternary nitrogens is 1. The van der Waals surface area contributed by atoms with Crippen LogP contribution in [0.4, 0.5) is 10.1 Å². The van der Waals surface area contributed by atoms with Gasteiger partial charge in [0.05, 0.1) is 36.8 Å². The van der Waals surface area contributed by atoms with Gasteiger partial charge in [0.1, 0.15) is 5.82 Å². The Labute approximate surface area is 171 Å². The van der Waals surface area contributed by atoms with E-state index in [4.69, 9.17) is 0 Å². The summed E-state index contributed by atoms with van der Waals surface area (Å²) in [7, 11) is -3.54. The molecule has 1 aliphatic rings. The van der Waals surface area contributed by atoms with Gasteiger partial charge in [-0.2, -0.15) is 4.31 Å². The lowest BCUT2D eigenvalue weighted by Gasteiger charge is -2.31. The molecule has 0 aromatic heterocycles. The lowest BCUT2D eigenvalue weighted by molar-refractivity contribution is -0.895. The molecule has 6 nitrogen and oxygen atoms in total. The summed E-state index contributed by atoms with van der Waals surface area (Å²) in [6.45, 7) is 6.03. The highest BCUT2D eigenvalue weighted by atomic mass is 32.2. The van der Waals surface area contributed by atoms with Gasteiger partial charge in [0.2, 0.25) is 10.0 Å². The van der Waals surface area contributed by atoms with Gasteiger partial charge < -0.3 is 10.2 Å². The second-order valence-corrected chi connectivity index (χ2v) is 9.52. The van der Waals surface area contributed by atoms with Crippen molar-refractivity contribution in [2.24, 2.45) is 0 Å². The van der Waals surface area contributed by atoms with Crippen LogP contribution in [0.25, 0.3) is 0 Å². The van der Waals surface area contributed by atoms with Crippen molar-refractivity contribution < 1.29 is 22.5 Å². The van der Waals surface area contributed by atoms with E-state index in [1.165, 1.54) is 16.4 Å². The first-order valence-electron chi connectivity index (χ1n) is 9.75. The number of hydrogen-bond acceptors (Lipinski definition) is 3. The number of sulfonamides is 1. The Bertz CT molecular complexity index is 953. The van der Waals surface area contributed by atoms with E-state index in [-0.39, 0.29) is 18.1 Å². The smallest absolute Gasteiger partial charge is 0.279 e. The number of rotatable bonds is 6. The Balaban J connectivity index is 1.55. The molecule has 8 heteroatoms. The number of nitrogens with zero attached hydrogens (tertiary/aromatic N) is 1. The zero-order valence-electron chi connectivity index (χ0n) is 16.7. The molecule has 156 valence electrons. The molecular weight excluding hydrogens is 393 g/mol. The topological polar surface area (TPSA) is 70.9 Å². The summed E-state index contributed by atoms with van der Waals surface area (Å²) in [5, 5.41) is 2.57. The third-order valence-electron chi connectivity index (χ3n) is 5.17. The maximum atomic E-state index is 13.6. The van der Waals surface area contributed by atoms with Crippen molar-refractivity contribution in [2.45, 2.75) is 24.7 Å². The van der Waals surface area contributed by atoms with E-state index in [2.05, 4.69) is 19.2 Å². The van der Waals surface area contributed by atoms with Crippen LogP contribution < -0.4 is 10.2 Å². The van der Waals surface area contributed by atoms with E-state index in [1.807, 2.05) is 12.1 Å². The van der Waals surface area contributed by atoms with E-state index in [0.717, 1.165) is 10.5 Å². The van der Waals surface area contributed by atoms with E-state index < -0.39 is 15.8 Å². The van der Waals surface area contributed by atoms with Crippen molar-refractivity contribution in [3.63, 3.8) is 0 Å². The maximum absolute atomic E-state index is 13.6. The molecule has 0 aliphatic carbocycles. The predicted molar refractivity (Wildman–Crippen MR) is 110 cm³/mol. The normalized spacial score (nSPS) is 16.1. The number of amides is 1. The maximum Gasteiger partial charge on any atom is 0.279 e. The highest BCUT2D eigenvalue weighted by molar-refractivity contribution is 7.89. The van der Waals surface area contributed by atoms with Crippen LogP contribution in [0.5, 0.6) is 0 Å². The average Bonchev–Trinajstić information content (AvgIpc) is 2.70. The Morgan fingerprint density at radius 1 is 1.10 bits per heavy atom. The van der Waals surface area contributed by atoms with Gasteiger partial charge in [0.15, 0.2) is 6.54 Å². The summed E-state index contributed by atoms with van der Waals surface area (Å²) in [5.74, 6) is -0.421. The molecule has 2 aromatic carbocycles. The molecule has 1 amide bonds. The molecule has 1 saturated heterocycles. The van der Waals surface area contributed by atoms with Crippen LogP contribution in [-0.4, -0.2) is 51.4 Å². The zero-order chi connectivity index (χ0) is 21.0. The van der Waals surface area contributed by atoms with E-state index in [0.29, 0.717) is 37.0 Å². The molecule has 0 unspecified atom stereocenters. The number of nitrogens with one attached hydrogen (secondary N) is 2. The lowest BCUT2D eigenvalue weighted by atomic mass is 10.0. The highest BCUT2D eigenvalue weighted by Gasteiger charge is 2.31. The van der Waals surface area contributed by atoms with Crippen LogP contribution in [-0.2, 0) is 14.8 Å². The van der Waals surface area contributed by atoms with Crippen molar-refractivity contribution in [3.05, 3.63) is 59.9 Å². The van der Waals surface area contributed by atoms with Gasteiger partial charge >= 0.3 is 0 Å². The Hall–Kier alpha value is -2.29. The van der Waals surface area contributed by atoms with E-state index >= 15 is 0 Å². The highest BCUT2D eigenvalue weighted by Crippen LogP contribution is 2.20. The van der Waals surface area contributed by atoms with Crippen LogP contribution in [0.2, 0.25) is 0 Å². The van der Waals surface area contributed by atoms with Gasteiger partial charge in [-0.3, -0.25) is 4.79 Å². The first kappa shape index (κ1) is 21.4. The van der Waals surface area contributed by atoms with Gasteiger partial charge in [-0.15, -0.1) is 0 Å². The fourth-order valence-corrected chi connectivity index (χ4v) is 4.82. The molecule has 2 N–H and O–H groups in total. The molecule has 0 atom stereocenters. The molecule has 1 fully saturated rings. The molecule has 0 radical (unpaired) electrons. The minimum absolute atomic E-state index is 0.156. The quantitative estimate of drug-likeness (QED) is 0.744. The molecule has 1 heterocycles. The molecule has 0 bridgehead atoms. The standard InChI is InChI=1S/C21H26FN3O3S/c1-16(2)17-7-9-18(10-8-17)29(27,28)25-13-11-24(12-14-25)15-21(26)23-20-6-4-3-5-19(20)22/h3-10,16H,11-15H2,1-2H3,(H,23,26)/p+1. The minimum Gasteiger partial charge on any atom is -0.325 e. The fourth-order valence-electron chi connectivity index (χ4n) is 3.38. The number of para-hydroxylation sites is 1. The van der Waals surface area contributed by atoms with Gasteiger partial charge in [-0.25, -0.2) is 12.8 Å². The van der Waals surface area contributed by atoms with Crippen LogP contribution in [0.15, 0.2) is 53.4 Å². The minimum atomic E-state index is -3.54. The van der Waals surface area contributed by atoms with Crippen molar-refractivity contribution in [1.29, 1.82) is 0 Å². The van der Waals surface area contributed by atoms with Gasteiger partial charge in [-0.05, 0) is 35.7 Å². The molecule has 29 heavy (non-hydrogen) atoms. The van der Waals surface area contributed by atoms with Crippen LogP contribution in [0, 0.1) is 5.82 Å². The molecule has 3 rings (SSSR count). The van der Waals surface area contributed by atoms with Crippen molar-refractivity contribution in [1.82, 2.24) is 4.31 Å². The van der Waals surface area contributed by atoms with Crippen molar-refractivity contribution >= 4 is 21.6 Å². The van der Waals surface area contributed by atoms with Gasteiger partial charge in [0, 0.05) is 0 Å². The molecule has 0 saturated carbocycles. The molecular formula is C21H27FN3O3S+. The Morgan fingerprint density at radius 2 is 1.72 bits per heavy atom. The summed E-state index contributed by atoms with van der Waals surface area (Å²) < 4.78 is 40.9. The Kier molecular flexibility index (Phi) is 6.66. The summed E-state index contributed by atoms with van der Waals surface area (Å²) >= 11 is 0. The SMILES string of the molecule is CC(C)c1ccc(S(=O)(=O)N2CC[NH+](CC(=O)Nc3ccccc3F)CC2)cc1. The molecule has 1 aliphatic heterocycles. The number of halogens is 1. The first-order valence-corrected chi connectivity index (χ1v) is 11.2. The third-order valence-corrected chi connectivity index (χ3v) is 7.09. The second kappa shape index (κ2) is 9.02. The number of hydrogen-bond donors (Lipinski definition) is 2. The second-order valence-electron chi connectivity index (χ2n) is 7.58. The van der Waals surface area contributed by atoms with Crippen LogP contribution in [0.3, 0.4) is 0 Å². The van der Waals surface area contributed by atoms with Crippen LogP contribution >= 0.6 is 0 Å². The van der Waals surface area contributed by atoms with E-state index in [1.54, 1.807) is 24.3 Å². The predicted octanol–water partition coefficient (Wildman–Crippen LogP) is 1.48. The summed E-state index contributed by atoms with van der Waals surface area (Å²) in [5.41, 5.74) is 1.25. The number of benzene rings is 2. The van der Waals surface area contributed by atoms with Crippen molar-refractivity contribution in [2.75, 3.05) is 38.0 Å². The zero-order valence-corrected chi connectivity index (χ0v) is 17.5. The van der Waals surface area contributed by atoms with Crippen molar-refractivity contribution in [3.8, 4) is 0 Å². The number of carbonyl (C=O) groups is 1. The largest absolute Gasteiger partial charge is 0.325 e. The summed E-state index contributed by atoms with van der Waals surface area (Å²) in [6.07, 6.45) is 0. The fraction of sp³-hybridized carbons (Fsp3) is 0.381. The first-order chi connectivity index (χ1) is 13.8. The lowest BCUT2D eigenvalue weighted by Crippen LogP contribution is -3.15. The van der Waals surface area contributed by atoms with Gasteiger partial charge in [-0.1, -0.05) is 38.1 Å². The monoisotopic (exact) mass is 420 g/mol. The Morgan fingerprint density at radius 3 is 2.31 bits per heavy atom. The van der Waals surface area contributed by atoms with Gasteiger partial charge in [0.25, 0.3) is 5.91 Å². The number of carbonyl (C=O) groups excluding carboxylic acids is 1. The van der Waals surface area contributed by atoms with E-state index in [9.17, 15) is 17.6 Å². The van der Waals surface area contributed by atoms with Crippen LogP contribution in [0.1, 0.15) is 25.3 Å². The number of piperazine rings is 1. The third kappa shape index (κ3) is 5.20. The summed E-state index contributed by atoms with van der Waals surface area (Å²) in [4.78, 5) is 13.5. The summed E-state index contributed by atoms with van der Waals surface area (Å²) in [6, 6.07) is 13.0. The molecule has 0 spiro atoms. The number of anilines is 1. The molecule has 2 aromatic rings. The average molecular weight is 421 g/mol.